The van der Waals surface area contributed by atoms with E-state index in [9.17, 15) is 19.5 Å². The third-order valence-electron chi connectivity index (χ3n) is 6.03. The Labute approximate surface area is 169 Å². The average Bonchev–Trinajstić information content (AvgIpc) is 3.07. The minimum Gasteiger partial charge on any atom is -0.461 e. The zero-order valence-electron chi connectivity index (χ0n) is 16.8. The van der Waals surface area contributed by atoms with E-state index < -0.39 is 42.1 Å². The molecule has 0 bridgehead atoms. The molecule has 3 rings (SSSR count). The Morgan fingerprint density at radius 2 is 2.03 bits per heavy atom. The van der Waals surface area contributed by atoms with E-state index in [1.165, 1.54) is 13.0 Å². The normalized spacial score (nSPS) is 34.0. The average molecular weight is 402 g/mol. The van der Waals surface area contributed by atoms with Crippen molar-refractivity contribution in [2.75, 3.05) is 6.61 Å². The summed E-state index contributed by atoms with van der Waals surface area (Å²) in [5.41, 5.74) is 1.98. The molecular formula is C22H26O7. The van der Waals surface area contributed by atoms with Crippen LogP contribution in [0.3, 0.4) is 0 Å². The summed E-state index contributed by atoms with van der Waals surface area (Å²) >= 11 is 0. The Bertz CT molecular complexity index is 834. The van der Waals surface area contributed by atoms with Gasteiger partial charge in [0, 0.05) is 18.4 Å². The summed E-state index contributed by atoms with van der Waals surface area (Å²) in [6.07, 6.45) is 1.75. The largest absolute Gasteiger partial charge is 0.461 e. The second kappa shape index (κ2) is 7.99. The zero-order chi connectivity index (χ0) is 21.5. The lowest BCUT2D eigenvalue weighted by atomic mass is 9.80. The monoisotopic (exact) mass is 402 g/mol. The number of aliphatic hydroxyl groups excluding tert-OH is 1. The van der Waals surface area contributed by atoms with Gasteiger partial charge >= 0.3 is 17.9 Å². The van der Waals surface area contributed by atoms with Gasteiger partial charge in [-0.2, -0.15) is 0 Å². The smallest absolute Gasteiger partial charge is 0.337 e. The van der Waals surface area contributed by atoms with Crippen molar-refractivity contribution in [2.45, 2.75) is 45.5 Å². The predicted octanol–water partition coefficient (Wildman–Crippen LogP) is 2.02. The van der Waals surface area contributed by atoms with Crippen LogP contribution in [0.1, 0.15) is 27.2 Å². The molecule has 6 unspecified atom stereocenters. The van der Waals surface area contributed by atoms with Gasteiger partial charge in [-0.3, -0.25) is 4.79 Å². The molecule has 2 fully saturated rings. The number of ether oxygens (including phenoxy) is 3. The number of esters is 3. The van der Waals surface area contributed by atoms with E-state index in [0.717, 1.165) is 5.57 Å². The highest BCUT2D eigenvalue weighted by atomic mass is 16.6. The maximum atomic E-state index is 12.7. The molecule has 0 radical (unpaired) electrons. The van der Waals surface area contributed by atoms with Crippen molar-refractivity contribution in [1.82, 2.24) is 0 Å². The van der Waals surface area contributed by atoms with Gasteiger partial charge in [-0.1, -0.05) is 24.8 Å². The van der Waals surface area contributed by atoms with Gasteiger partial charge in [0.05, 0.1) is 17.6 Å². The van der Waals surface area contributed by atoms with Crippen molar-refractivity contribution < 1.29 is 33.7 Å². The molecule has 0 aromatic rings. The summed E-state index contributed by atoms with van der Waals surface area (Å²) in [6, 6.07) is 0. The summed E-state index contributed by atoms with van der Waals surface area (Å²) in [4.78, 5) is 36.0. The molecule has 1 N–H and O–H groups in total. The van der Waals surface area contributed by atoms with Crippen LogP contribution in [0.15, 0.2) is 47.6 Å². The minimum absolute atomic E-state index is 0.0605. The molecule has 29 heavy (non-hydrogen) atoms. The second-order valence-electron chi connectivity index (χ2n) is 7.75. The number of fused-ring (bicyclic) bond motifs is 3. The van der Waals surface area contributed by atoms with Crippen molar-refractivity contribution in [3.05, 3.63) is 47.6 Å². The standard InChI is InChI=1S/C22H26O7/c1-6-14(9-27-13(5)23)22(26)28-17-7-10(2)15-8-16(24)11(3)18(15)20-19(17)12(4)21(25)29-20/h6-7,15-20,24H,3-4,8-9H2,1-2,5H3. The van der Waals surface area contributed by atoms with Crippen molar-refractivity contribution >= 4 is 17.9 Å². The van der Waals surface area contributed by atoms with Crippen LogP contribution in [0.25, 0.3) is 0 Å². The van der Waals surface area contributed by atoms with Crippen LogP contribution in [0.2, 0.25) is 0 Å². The lowest BCUT2D eigenvalue weighted by Gasteiger charge is -2.28. The van der Waals surface area contributed by atoms with E-state index in [2.05, 4.69) is 13.2 Å². The van der Waals surface area contributed by atoms with E-state index in [1.807, 2.05) is 6.92 Å². The van der Waals surface area contributed by atoms with E-state index in [0.29, 0.717) is 12.0 Å². The number of carbonyl (C=O) groups excluding carboxylic acids is 3. The Morgan fingerprint density at radius 1 is 1.34 bits per heavy atom. The van der Waals surface area contributed by atoms with Crippen LogP contribution < -0.4 is 0 Å². The third-order valence-corrected chi connectivity index (χ3v) is 6.03. The lowest BCUT2D eigenvalue weighted by molar-refractivity contribution is -0.147. The highest BCUT2D eigenvalue weighted by Crippen LogP contribution is 2.51. The van der Waals surface area contributed by atoms with Crippen molar-refractivity contribution in [3.8, 4) is 0 Å². The van der Waals surface area contributed by atoms with E-state index >= 15 is 0 Å². The fraction of sp³-hybridized carbons (Fsp3) is 0.500. The van der Waals surface area contributed by atoms with Crippen LogP contribution in [0.5, 0.6) is 0 Å². The van der Waals surface area contributed by atoms with Gasteiger partial charge in [-0.25, -0.2) is 9.59 Å². The summed E-state index contributed by atoms with van der Waals surface area (Å²) in [5, 5.41) is 10.3. The first-order valence-corrected chi connectivity index (χ1v) is 9.60. The van der Waals surface area contributed by atoms with Crippen LogP contribution in [-0.2, 0) is 28.6 Å². The maximum absolute atomic E-state index is 12.7. The number of rotatable bonds is 4. The van der Waals surface area contributed by atoms with E-state index in [4.69, 9.17) is 14.2 Å². The Morgan fingerprint density at radius 3 is 2.66 bits per heavy atom. The number of allylic oxidation sites excluding steroid dienone is 2. The Kier molecular flexibility index (Phi) is 5.80. The molecular weight excluding hydrogens is 376 g/mol. The molecule has 7 heteroatoms. The number of carbonyl (C=O) groups is 3. The second-order valence-corrected chi connectivity index (χ2v) is 7.75. The van der Waals surface area contributed by atoms with Gasteiger partial charge in [-0.05, 0) is 37.8 Å². The molecule has 1 saturated heterocycles. The van der Waals surface area contributed by atoms with Crippen LogP contribution in [0.4, 0.5) is 0 Å². The van der Waals surface area contributed by atoms with Gasteiger partial charge in [0.25, 0.3) is 0 Å². The molecule has 1 saturated carbocycles. The van der Waals surface area contributed by atoms with Crippen molar-refractivity contribution in [3.63, 3.8) is 0 Å². The summed E-state index contributed by atoms with van der Waals surface area (Å²) in [7, 11) is 0. The molecule has 1 heterocycles. The van der Waals surface area contributed by atoms with Gasteiger partial charge in [0.2, 0.25) is 0 Å². The highest BCUT2D eigenvalue weighted by Gasteiger charge is 2.55. The highest BCUT2D eigenvalue weighted by molar-refractivity contribution is 5.92. The molecule has 0 aromatic heterocycles. The Hall–Kier alpha value is -2.67. The fourth-order valence-electron chi connectivity index (χ4n) is 4.45. The minimum atomic E-state index is -0.769. The molecule has 1 aliphatic heterocycles. The van der Waals surface area contributed by atoms with Crippen LogP contribution in [0, 0.1) is 17.8 Å². The summed E-state index contributed by atoms with van der Waals surface area (Å²) in [5.74, 6) is -2.58. The van der Waals surface area contributed by atoms with Gasteiger partial charge in [0.15, 0.2) is 0 Å². The molecule has 6 atom stereocenters. The van der Waals surface area contributed by atoms with Gasteiger partial charge < -0.3 is 19.3 Å². The molecule has 156 valence electrons. The molecule has 0 aromatic carbocycles. The number of hydrogen-bond acceptors (Lipinski definition) is 7. The molecule has 0 amide bonds. The first kappa shape index (κ1) is 21.0. The van der Waals surface area contributed by atoms with Crippen LogP contribution in [-0.4, -0.2) is 47.9 Å². The lowest BCUT2D eigenvalue weighted by Crippen LogP contribution is -2.36. The maximum Gasteiger partial charge on any atom is 0.337 e. The Balaban J connectivity index is 1.91. The van der Waals surface area contributed by atoms with Crippen LogP contribution >= 0.6 is 0 Å². The quantitative estimate of drug-likeness (QED) is 0.332. The fourth-order valence-corrected chi connectivity index (χ4v) is 4.45. The SMILES string of the molecule is C=C1C(=O)OC2C1C(OC(=O)C(=CC)COC(C)=O)C=C(C)C1CC(O)C(=C)C12. The van der Waals surface area contributed by atoms with Gasteiger partial charge in [0.1, 0.15) is 18.8 Å². The van der Waals surface area contributed by atoms with E-state index in [-0.39, 0.29) is 29.6 Å². The number of hydrogen-bond donors (Lipinski definition) is 1. The first-order chi connectivity index (χ1) is 13.6. The predicted molar refractivity (Wildman–Crippen MR) is 103 cm³/mol. The van der Waals surface area contributed by atoms with Crippen molar-refractivity contribution in [1.29, 1.82) is 0 Å². The topological polar surface area (TPSA) is 99.1 Å². The molecule has 7 nitrogen and oxygen atoms in total. The molecule has 0 spiro atoms. The van der Waals surface area contributed by atoms with Crippen molar-refractivity contribution in [2.24, 2.45) is 17.8 Å². The number of aliphatic hydroxyl groups is 1. The first-order valence-electron chi connectivity index (χ1n) is 9.60. The summed E-state index contributed by atoms with van der Waals surface area (Å²) < 4.78 is 16.2. The molecule has 2 aliphatic carbocycles. The zero-order valence-corrected chi connectivity index (χ0v) is 16.8. The van der Waals surface area contributed by atoms with E-state index in [1.54, 1.807) is 13.0 Å². The molecule has 3 aliphatic rings. The van der Waals surface area contributed by atoms with Gasteiger partial charge in [-0.15, -0.1) is 0 Å². The third kappa shape index (κ3) is 3.79. The summed E-state index contributed by atoms with van der Waals surface area (Å²) in [6.45, 7) is 12.5.